The number of piperidine rings is 1. The summed E-state index contributed by atoms with van der Waals surface area (Å²) in [5, 5.41) is 11.8. The van der Waals surface area contributed by atoms with E-state index < -0.39 is 10.0 Å². The van der Waals surface area contributed by atoms with E-state index in [0.29, 0.717) is 29.6 Å². The standard InChI is InChI=1S/C26H27N7O3S/c1-37(35,36)31-22-11-5-10-21(17-22)28-26(34)20-9-6-15-32(18-20)23-12-13-24(30-29-23)33-16-14-27-25(33)19-7-3-2-4-8-19/h2-5,7-8,10-14,16-17,20,31H,6,9,15,18H2,1H3,(H,28,34). The maximum atomic E-state index is 13.0. The molecule has 10 nitrogen and oxygen atoms in total. The molecule has 0 radical (unpaired) electrons. The largest absolute Gasteiger partial charge is 0.354 e. The Hall–Kier alpha value is -4.25. The minimum atomic E-state index is -3.40. The van der Waals surface area contributed by atoms with E-state index in [-0.39, 0.29) is 11.8 Å². The van der Waals surface area contributed by atoms with Gasteiger partial charge >= 0.3 is 0 Å². The van der Waals surface area contributed by atoms with Crippen LogP contribution in [0.2, 0.25) is 0 Å². The Morgan fingerprint density at radius 3 is 2.49 bits per heavy atom. The van der Waals surface area contributed by atoms with Crippen LogP contribution in [0.1, 0.15) is 12.8 Å². The molecular formula is C26H27N7O3S. The Bertz CT molecular complexity index is 1490. The smallest absolute Gasteiger partial charge is 0.229 e. The van der Waals surface area contributed by atoms with Crippen LogP contribution in [0.15, 0.2) is 79.1 Å². The molecule has 190 valence electrons. The molecule has 1 aliphatic rings. The molecule has 0 saturated carbocycles. The van der Waals surface area contributed by atoms with E-state index in [1.54, 1.807) is 30.5 Å². The summed E-state index contributed by atoms with van der Waals surface area (Å²) in [4.78, 5) is 19.5. The Balaban J connectivity index is 1.26. The predicted octanol–water partition coefficient (Wildman–Crippen LogP) is 3.56. The number of nitrogens with one attached hydrogen (secondary N) is 2. The average molecular weight is 518 g/mol. The van der Waals surface area contributed by atoms with Crippen molar-refractivity contribution in [1.82, 2.24) is 19.7 Å². The van der Waals surface area contributed by atoms with Gasteiger partial charge in [-0.05, 0) is 43.2 Å². The molecular weight excluding hydrogens is 490 g/mol. The van der Waals surface area contributed by atoms with Gasteiger partial charge in [-0.1, -0.05) is 36.4 Å². The van der Waals surface area contributed by atoms with Crippen LogP contribution in [0.5, 0.6) is 0 Å². The molecule has 1 amide bonds. The number of nitrogens with zero attached hydrogens (tertiary/aromatic N) is 5. The molecule has 5 rings (SSSR count). The minimum Gasteiger partial charge on any atom is -0.354 e. The third-order valence-electron chi connectivity index (χ3n) is 6.11. The van der Waals surface area contributed by atoms with E-state index in [1.165, 1.54) is 0 Å². The van der Waals surface area contributed by atoms with E-state index in [2.05, 4.69) is 30.1 Å². The zero-order chi connectivity index (χ0) is 25.8. The summed E-state index contributed by atoms with van der Waals surface area (Å²) in [6, 6.07) is 20.4. The molecule has 2 aromatic heterocycles. The molecule has 1 aliphatic heterocycles. The maximum Gasteiger partial charge on any atom is 0.229 e. The number of carbonyl (C=O) groups excluding carboxylic acids is 1. The normalized spacial score (nSPS) is 15.8. The Morgan fingerprint density at radius 1 is 0.973 bits per heavy atom. The third-order valence-corrected chi connectivity index (χ3v) is 6.71. The summed E-state index contributed by atoms with van der Waals surface area (Å²) in [7, 11) is -3.40. The van der Waals surface area contributed by atoms with Gasteiger partial charge < -0.3 is 10.2 Å². The first-order valence-corrected chi connectivity index (χ1v) is 13.8. The highest BCUT2D eigenvalue weighted by Crippen LogP contribution is 2.25. The van der Waals surface area contributed by atoms with E-state index in [4.69, 9.17) is 0 Å². The highest BCUT2D eigenvalue weighted by Gasteiger charge is 2.27. The van der Waals surface area contributed by atoms with Crippen LogP contribution in [0.4, 0.5) is 17.2 Å². The first-order chi connectivity index (χ1) is 17.9. The molecule has 1 atom stereocenters. The number of benzene rings is 2. The van der Waals surface area contributed by atoms with Crippen LogP contribution >= 0.6 is 0 Å². The molecule has 37 heavy (non-hydrogen) atoms. The average Bonchev–Trinajstić information content (AvgIpc) is 3.39. The molecule has 0 bridgehead atoms. The lowest BCUT2D eigenvalue weighted by atomic mass is 9.97. The molecule has 2 N–H and O–H groups in total. The fraction of sp³-hybridized carbons (Fsp3) is 0.231. The minimum absolute atomic E-state index is 0.114. The van der Waals surface area contributed by atoms with Gasteiger partial charge in [0, 0.05) is 36.7 Å². The van der Waals surface area contributed by atoms with Gasteiger partial charge in [-0.25, -0.2) is 13.4 Å². The highest BCUT2D eigenvalue weighted by atomic mass is 32.2. The zero-order valence-corrected chi connectivity index (χ0v) is 21.1. The number of rotatable bonds is 7. The molecule has 1 saturated heterocycles. The number of hydrogen-bond acceptors (Lipinski definition) is 7. The molecule has 11 heteroatoms. The van der Waals surface area contributed by atoms with Crippen molar-refractivity contribution in [2.45, 2.75) is 12.8 Å². The van der Waals surface area contributed by atoms with Gasteiger partial charge in [-0.2, -0.15) is 0 Å². The molecule has 0 spiro atoms. The fourth-order valence-corrected chi connectivity index (χ4v) is 4.98. The van der Waals surface area contributed by atoms with E-state index in [0.717, 1.165) is 37.0 Å². The number of anilines is 3. The first kappa shape index (κ1) is 24.4. The third kappa shape index (κ3) is 5.95. The maximum absolute atomic E-state index is 13.0. The van der Waals surface area contributed by atoms with Crippen LogP contribution in [0.3, 0.4) is 0 Å². The van der Waals surface area contributed by atoms with E-state index in [1.807, 2.05) is 53.2 Å². The van der Waals surface area contributed by atoms with Crippen molar-refractivity contribution in [3.8, 4) is 17.2 Å². The van der Waals surface area contributed by atoms with Crippen molar-refractivity contribution >= 4 is 33.1 Å². The van der Waals surface area contributed by atoms with Crippen LogP contribution in [0.25, 0.3) is 17.2 Å². The number of sulfonamides is 1. The summed E-state index contributed by atoms with van der Waals surface area (Å²) >= 11 is 0. The molecule has 0 aliphatic carbocycles. The Kier molecular flexibility index (Phi) is 6.87. The summed E-state index contributed by atoms with van der Waals surface area (Å²) in [5.41, 5.74) is 1.92. The lowest BCUT2D eigenvalue weighted by Crippen LogP contribution is -2.41. The van der Waals surface area contributed by atoms with Crippen molar-refractivity contribution in [1.29, 1.82) is 0 Å². The first-order valence-electron chi connectivity index (χ1n) is 11.9. The van der Waals surface area contributed by atoms with Gasteiger partial charge in [-0.3, -0.25) is 14.1 Å². The van der Waals surface area contributed by atoms with Crippen LogP contribution in [0, 0.1) is 5.92 Å². The SMILES string of the molecule is CS(=O)(=O)Nc1cccc(NC(=O)C2CCCN(c3ccc(-n4ccnc4-c4ccccc4)nn3)C2)c1. The Labute approximate surface area is 215 Å². The summed E-state index contributed by atoms with van der Waals surface area (Å²) in [6.45, 7) is 1.30. The van der Waals surface area contributed by atoms with Crippen LogP contribution < -0.4 is 14.9 Å². The van der Waals surface area contributed by atoms with Crippen molar-refractivity contribution in [3.63, 3.8) is 0 Å². The molecule has 1 fully saturated rings. The van der Waals surface area contributed by atoms with Crippen molar-refractivity contribution in [2.24, 2.45) is 5.92 Å². The van der Waals surface area contributed by atoms with Gasteiger partial charge in [0.2, 0.25) is 15.9 Å². The quantitative estimate of drug-likeness (QED) is 0.384. The number of amides is 1. The lowest BCUT2D eigenvalue weighted by Gasteiger charge is -2.32. The fourth-order valence-electron chi connectivity index (χ4n) is 4.42. The number of imidazole rings is 1. The van der Waals surface area contributed by atoms with Crippen molar-refractivity contribution in [2.75, 3.05) is 34.3 Å². The number of hydrogen-bond donors (Lipinski definition) is 2. The number of aromatic nitrogens is 4. The molecule has 4 aromatic rings. The highest BCUT2D eigenvalue weighted by molar-refractivity contribution is 7.92. The molecule has 2 aromatic carbocycles. The Morgan fingerprint density at radius 2 is 1.73 bits per heavy atom. The van der Waals surface area contributed by atoms with Gasteiger partial charge in [0.1, 0.15) is 5.82 Å². The van der Waals surface area contributed by atoms with Gasteiger partial charge in [-0.15, -0.1) is 10.2 Å². The van der Waals surface area contributed by atoms with Gasteiger partial charge in [0.15, 0.2) is 11.6 Å². The second-order valence-electron chi connectivity index (χ2n) is 8.97. The number of carbonyl (C=O) groups is 1. The van der Waals surface area contributed by atoms with Gasteiger partial charge in [0.05, 0.1) is 17.9 Å². The van der Waals surface area contributed by atoms with Crippen molar-refractivity contribution < 1.29 is 13.2 Å². The lowest BCUT2D eigenvalue weighted by molar-refractivity contribution is -0.120. The molecule has 1 unspecified atom stereocenters. The summed E-state index contributed by atoms with van der Waals surface area (Å²) in [5.74, 6) is 1.81. The summed E-state index contributed by atoms with van der Waals surface area (Å²) < 4.78 is 27.3. The zero-order valence-electron chi connectivity index (χ0n) is 20.3. The monoisotopic (exact) mass is 517 g/mol. The summed E-state index contributed by atoms with van der Waals surface area (Å²) in [6.07, 6.45) is 6.27. The van der Waals surface area contributed by atoms with Gasteiger partial charge in [0.25, 0.3) is 0 Å². The second kappa shape index (κ2) is 10.4. The van der Waals surface area contributed by atoms with E-state index >= 15 is 0 Å². The van der Waals surface area contributed by atoms with E-state index in [9.17, 15) is 13.2 Å². The predicted molar refractivity (Wildman–Crippen MR) is 143 cm³/mol. The van der Waals surface area contributed by atoms with Crippen LogP contribution in [-0.4, -0.2) is 53.4 Å². The second-order valence-corrected chi connectivity index (χ2v) is 10.7. The topological polar surface area (TPSA) is 122 Å². The van der Waals surface area contributed by atoms with Crippen LogP contribution in [-0.2, 0) is 14.8 Å². The van der Waals surface area contributed by atoms with Crippen molar-refractivity contribution in [3.05, 3.63) is 79.1 Å². The molecule has 3 heterocycles.